The molecule has 0 bridgehead atoms. The van der Waals surface area contributed by atoms with E-state index in [1.54, 1.807) is 29.3 Å². The highest BCUT2D eigenvalue weighted by molar-refractivity contribution is 6.21. The van der Waals surface area contributed by atoms with Crippen LogP contribution >= 0.6 is 0 Å². The third-order valence-corrected chi connectivity index (χ3v) is 3.40. The number of methoxy groups -OCH3 is 1. The molecular weight excluding hydrogens is 246 g/mol. The van der Waals surface area contributed by atoms with E-state index < -0.39 is 6.04 Å². The highest BCUT2D eigenvalue weighted by atomic mass is 16.5. The van der Waals surface area contributed by atoms with Gasteiger partial charge in [0.15, 0.2) is 0 Å². The molecule has 2 aliphatic rings. The van der Waals surface area contributed by atoms with Gasteiger partial charge < -0.3 is 9.64 Å². The first kappa shape index (κ1) is 12.1. The third-order valence-electron chi connectivity index (χ3n) is 3.40. The highest BCUT2D eigenvalue weighted by Gasteiger charge is 2.51. The summed E-state index contributed by atoms with van der Waals surface area (Å²) in [5.41, 5.74) is 0. The number of hydrogen-bond donors (Lipinski definition) is 0. The predicted molar refractivity (Wildman–Crippen MR) is 67.6 cm³/mol. The van der Waals surface area contributed by atoms with Crippen LogP contribution in [0.5, 0.6) is 0 Å². The maximum atomic E-state index is 12.4. The van der Waals surface area contributed by atoms with Crippen molar-refractivity contribution in [1.82, 2.24) is 9.88 Å². The first-order chi connectivity index (χ1) is 9.24. The second-order valence-corrected chi connectivity index (χ2v) is 4.75. The Morgan fingerprint density at radius 1 is 1.37 bits per heavy atom. The largest absolute Gasteiger partial charge is 0.382 e. The van der Waals surface area contributed by atoms with Crippen molar-refractivity contribution in [2.45, 2.75) is 24.9 Å². The fourth-order valence-corrected chi connectivity index (χ4v) is 2.38. The second-order valence-electron chi connectivity index (χ2n) is 4.75. The molecule has 1 aromatic heterocycles. The van der Waals surface area contributed by atoms with Crippen LogP contribution in [0.4, 0.5) is 10.6 Å². The van der Waals surface area contributed by atoms with Crippen molar-refractivity contribution in [2.75, 3.05) is 18.6 Å². The first-order valence-corrected chi connectivity index (χ1v) is 6.30. The lowest BCUT2D eigenvalue weighted by Crippen LogP contribution is -2.39. The Balaban J connectivity index is 1.93. The molecule has 1 atom stereocenters. The van der Waals surface area contributed by atoms with Crippen LogP contribution in [0.3, 0.4) is 0 Å². The zero-order chi connectivity index (χ0) is 13.4. The number of anilines is 1. The lowest BCUT2D eigenvalue weighted by atomic mass is 10.2. The number of nitrogens with zero attached hydrogens (tertiary/aromatic N) is 3. The number of aromatic nitrogens is 1. The minimum atomic E-state index is -0.521. The molecule has 19 heavy (non-hydrogen) atoms. The molecule has 1 saturated heterocycles. The van der Waals surface area contributed by atoms with Crippen LogP contribution in [-0.2, 0) is 9.53 Å². The molecule has 0 N–H and O–H groups in total. The molecule has 0 unspecified atom stereocenters. The van der Waals surface area contributed by atoms with Crippen LogP contribution in [0.15, 0.2) is 24.4 Å². The van der Waals surface area contributed by atoms with E-state index in [9.17, 15) is 9.59 Å². The summed E-state index contributed by atoms with van der Waals surface area (Å²) in [6.45, 7) is 0.227. The summed E-state index contributed by atoms with van der Waals surface area (Å²) in [4.78, 5) is 31.7. The smallest absolute Gasteiger partial charge is 0.333 e. The van der Waals surface area contributed by atoms with Crippen LogP contribution in [0.2, 0.25) is 0 Å². The molecule has 1 aliphatic carbocycles. The lowest BCUT2D eigenvalue weighted by molar-refractivity contribution is -0.121. The quantitative estimate of drug-likeness (QED) is 0.759. The van der Waals surface area contributed by atoms with Gasteiger partial charge in [-0.15, -0.1) is 0 Å². The monoisotopic (exact) mass is 261 g/mol. The molecule has 2 fully saturated rings. The molecule has 1 saturated carbocycles. The molecule has 0 aromatic carbocycles. The average molecular weight is 261 g/mol. The molecule has 6 heteroatoms. The standard InChI is InChI=1S/C13H15N3O3/c1-19-8-10-12(17)16(11-4-2-3-7-14-11)13(18)15(10)9-5-6-9/h2-4,7,9-10H,5-6,8H2,1H3/t10-/m0/s1. The Labute approximate surface area is 111 Å². The van der Waals surface area contributed by atoms with E-state index in [1.165, 1.54) is 7.11 Å². The van der Waals surface area contributed by atoms with Gasteiger partial charge >= 0.3 is 6.03 Å². The number of ether oxygens (including phenoxy) is 1. The van der Waals surface area contributed by atoms with E-state index in [0.29, 0.717) is 5.82 Å². The summed E-state index contributed by atoms with van der Waals surface area (Å²) >= 11 is 0. The maximum absolute atomic E-state index is 12.4. The molecule has 0 spiro atoms. The summed E-state index contributed by atoms with van der Waals surface area (Å²) in [6.07, 6.45) is 3.48. The highest BCUT2D eigenvalue weighted by Crippen LogP contribution is 2.35. The number of urea groups is 1. The van der Waals surface area contributed by atoms with Crippen LogP contribution in [0, 0.1) is 0 Å². The van der Waals surface area contributed by atoms with E-state index in [4.69, 9.17) is 4.74 Å². The summed E-state index contributed by atoms with van der Waals surface area (Å²) in [7, 11) is 1.53. The zero-order valence-electron chi connectivity index (χ0n) is 10.7. The fourth-order valence-electron chi connectivity index (χ4n) is 2.38. The van der Waals surface area contributed by atoms with Crippen LogP contribution < -0.4 is 4.90 Å². The van der Waals surface area contributed by atoms with Crippen molar-refractivity contribution >= 4 is 17.8 Å². The van der Waals surface area contributed by atoms with Gasteiger partial charge in [0, 0.05) is 19.3 Å². The van der Waals surface area contributed by atoms with Crippen molar-refractivity contribution in [1.29, 1.82) is 0 Å². The number of carbonyl (C=O) groups is 2. The predicted octanol–water partition coefficient (Wildman–Crippen LogP) is 1.03. The summed E-state index contributed by atoms with van der Waals surface area (Å²) in [6, 6.07) is 4.54. The van der Waals surface area contributed by atoms with Gasteiger partial charge in [0.1, 0.15) is 11.9 Å². The number of imide groups is 1. The molecule has 6 nitrogen and oxygen atoms in total. The average Bonchev–Trinajstić information content (AvgIpc) is 3.21. The molecule has 3 rings (SSSR count). The molecule has 1 aromatic rings. The molecule has 1 aliphatic heterocycles. The first-order valence-electron chi connectivity index (χ1n) is 6.30. The number of carbonyl (C=O) groups excluding carboxylic acids is 2. The Hall–Kier alpha value is -1.95. The lowest BCUT2D eigenvalue weighted by Gasteiger charge is -2.20. The zero-order valence-corrected chi connectivity index (χ0v) is 10.7. The van der Waals surface area contributed by atoms with Crippen molar-refractivity contribution in [2.24, 2.45) is 0 Å². The minimum Gasteiger partial charge on any atom is -0.382 e. The van der Waals surface area contributed by atoms with Gasteiger partial charge in [-0.05, 0) is 25.0 Å². The van der Waals surface area contributed by atoms with Gasteiger partial charge in [0.05, 0.1) is 6.61 Å². The topological polar surface area (TPSA) is 62.7 Å². The summed E-state index contributed by atoms with van der Waals surface area (Å²) in [5, 5.41) is 0. The van der Waals surface area contributed by atoms with Gasteiger partial charge in [-0.1, -0.05) is 6.07 Å². The normalized spacial score (nSPS) is 23.3. The maximum Gasteiger partial charge on any atom is 0.333 e. The molecule has 3 amide bonds. The van der Waals surface area contributed by atoms with Crippen molar-refractivity contribution < 1.29 is 14.3 Å². The van der Waals surface area contributed by atoms with Gasteiger partial charge in [-0.25, -0.2) is 14.7 Å². The summed E-state index contributed by atoms with van der Waals surface area (Å²) < 4.78 is 5.08. The van der Waals surface area contributed by atoms with Gasteiger partial charge in [0.25, 0.3) is 5.91 Å². The second kappa shape index (κ2) is 4.62. The van der Waals surface area contributed by atoms with Gasteiger partial charge in [0.2, 0.25) is 0 Å². The molecule has 0 radical (unpaired) electrons. The number of rotatable bonds is 4. The SMILES string of the molecule is COC[C@H]1C(=O)N(c2ccccn2)C(=O)N1C1CC1. The number of hydrogen-bond acceptors (Lipinski definition) is 4. The van der Waals surface area contributed by atoms with Crippen LogP contribution in [-0.4, -0.2) is 47.6 Å². The van der Waals surface area contributed by atoms with Gasteiger partial charge in [-0.3, -0.25) is 4.79 Å². The number of amides is 3. The Kier molecular flexibility index (Phi) is 2.94. The van der Waals surface area contributed by atoms with Crippen molar-refractivity contribution in [3.8, 4) is 0 Å². The Bertz CT molecular complexity index is 501. The van der Waals surface area contributed by atoms with E-state index in [1.807, 2.05) is 0 Å². The fraction of sp³-hybridized carbons (Fsp3) is 0.462. The minimum absolute atomic E-state index is 0.172. The molecule has 100 valence electrons. The van der Waals surface area contributed by atoms with E-state index in [2.05, 4.69) is 4.98 Å². The van der Waals surface area contributed by atoms with Crippen LogP contribution in [0.25, 0.3) is 0 Å². The van der Waals surface area contributed by atoms with E-state index >= 15 is 0 Å². The van der Waals surface area contributed by atoms with E-state index in [0.717, 1.165) is 17.7 Å². The van der Waals surface area contributed by atoms with Crippen LogP contribution in [0.1, 0.15) is 12.8 Å². The number of pyridine rings is 1. The van der Waals surface area contributed by atoms with Crippen molar-refractivity contribution in [3.63, 3.8) is 0 Å². The van der Waals surface area contributed by atoms with E-state index in [-0.39, 0.29) is 24.6 Å². The Morgan fingerprint density at radius 3 is 2.74 bits per heavy atom. The third kappa shape index (κ3) is 1.98. The van der Waals surface area contributed by atoms with Gasteiger partial charge in [-0.2, -0.15) is 0 Å². The molecular formula is C13H15N3O3. The summed E-state index contributed by atoms with van der Waals surface area (Å²) in [5.74, 6) is 0.124. The molecule has 2 heterocycles. The Morgan fingerprint density at radius 2 is 2.16 bits per heavy atom. The van der Waals surface area contributed by atoms with Crippen molar-refractivity contribution in [3.05, 3.63) is 24.4 Å².